The summed E-state index contributed by atoms with van der Waals surface area (Å²) in [5, 5.41) is 7.77. The van der Waals surface area contributed by atoms with E-state index in [1.54, 1.807) is 13.3 Å². The van der Waals surface area contributed by atoms with Gasteiger partial charge in [-0.1, -0.05) is 0 Å². The minimum Gasteiger partial charge on any atom is -0.497 e. The van der Waals surface area contributed by atoms with Gasteiger partial charge in [-0.25, -0.2) is 0 Å². The maximum atomic E-state index is 5.96. The molecule has 5 nitrogen and oxygen atoms in total. The average Bonchev–Trinajstić information content (AvgIpc) is 3.12. The zero-order valence-electron chi connectivity index (χ0n) is 13.4. The van der Waals surface area contributed by atoms with Crippen LogP contribution >= 0.6 is 0 Å². The predicted molar refractivity (Wildman–Crippen MR) is 85.3 cm³/mol. The van der Waals surface area contributed by atoms with Crippen LogP contribution in [0.25, 0.3) is 0 Å². The molecule has 22 heavy (non-hydrogen) atoms. The molecular weight excluding hydrogens is 278 g/mol. The van der Waals surface area contributed by atoms with Gasteiger partial charge < -0.3 is 14.8 Å². The summed E-state index contributed by atoms with van der Waals surface area (Å²) in [5.74, 6) is 1.92. The van der Waals surface area contributed by atoms with Crippen molar-refractivity contribution in [3.8, 4) is 11.5 Å². The minimum atomic E-state index is 0.238. The molecule has 1 aliphatic rings. The fourth-order valence-electron chi connectivity index (χ4n) is 2.86. The number of benzene rings is 1. The third-order valence-corrected chi connectivity index (χ3v) is 3.94. The van der Waals surface area contributed by atoms with E-state index < -0.39 is 0 Å². The molecule has 1 aromatic carbocycles. The van der Waals surface area contributed by atoms with Crippen molar-refractivity contribution in [2.45, 2.75) is 45.5 Å². The number of fused-ring (bicyclic) bond motifs is 1. The van der Waals surface area contributed by atoms with Crippen molar-refractivity contribution in [2.24, 2.45) is 0 Å². The molecule has 2 heterocycles. The van der Waals surface area contributed by atoms with Gasteiger partial charge in [-0.2, -0.15) is 5.10 Å². The predicted octanol–water partition coefficient (Wildman–Crippen LogP) is 2.39. The fraction of sp³-hybridized carbons (Fsp3) is 0.471. The van der Waals surface area contributed by atoms with Crippen molar-refractivity contribution in [3.05, 3.63) is 41.7 Å². The second-order valence-corrected chi connectivity index (χ2v) is 5.92. The first-order valence-corrected chi connectivity index (χ1v) is 7.73. The Morgan fingerprint density at radius 1 is 1.50 bits per heavy atom. The lowest BCUT2D eigenvalue weighted by molar-refractivity contribution is 0.251. The van der Waals surface area contributed by atoms with Gasteiger partial charge in [-0.15, -0.1) is 0 Å². The minimum absolute atomic E-state index is 0.238. The van der Waals surface area contributed by atoms with Crippen molar-refractivity contribution < 1.29 is 9.47 Å². The molecule has 0 radical (unpaired) electrons. The zero-order valence-corrected chi connectivity index (χ0v) is 13.4. The quantitative estimate of drug-likeness (QED) is 0.890. The van der Waals surface area contributed by atoms with E-state index in [1.807, 2.05) is 16.9 Å². The molecule has 0 saturated carbocycles. The third kappa shape index (κ3) is 3.25. The van der Waals surface area contributed by atoms with Crippen LogP contribution in [0, 0.1) is 0 Å². The second kappa shape index (κ2) is 6.40. The van der Waals surface area contributed by atoms with Crippen molar-refractivity contribution in [3.63, 3.8) is 0 Å². The van der Waals surface area contributed by atoms with E-state index in [9.17, 15) is 0 Å². The van der Waals surface area contributed by atoms with Crippen LogP contribution in [-0.4, -0.2) is 29.0 Å². The summed E-state index contributed by atoms with van der Waals surface area (Å²) in [6.45, 7) is 5.86. The first kappa shape index (κ1) is 14.9. The monoisotopic (exact) mass is 301 g/mol. The van der Waals surface area contributed by atoms with Gasteiger partial charge in [0.1, 0.15) is 17.6 Å². The van der Waals surface area contributed by atoms with Gasteiger partial charge in [0.2, 0.25) is 0 Å². The molecule has 3 rings (SSSR count). The summed E-state index contributed by atoms with van der Waals surface area (Å²) in [6.07, 6.45) is 4.97. The van der Waals surface area contributed by atoms with Gasteiger partial charge >= 0.3 is 0 Å². The van der Waals surface area contributed by atoms with Gasteiger partial charge in [0.05, 0.1) is 13.7 Å². The van der Waals surface area contributed by atoms with E-state index in [0.717, 1.165) is 36.6 Å². The van der Waals surface area contributed by atoms with E-state index in [2.05, 4.69) is 36.4 Å². The van der Waals surface area contributed by atoms with Gasteiger partial charge in [-0.05, 0) is 32.0 Å². The largest absolute Gasteiger partial charge is 0.497 e. The fourth-order valence-corrected chi connectivity index (χ4v) is 2.86. The molecule has 0 aliphatic carbocycles. The van der Waals surface area contributed by atoms with E-state index in [4.69, 9.17) is 9.47 Å². The molecule has 0 bridgehead atoms. The van der Waals surface area contributed by atoms with Crippen molar-refractivity contribution >= 4 is 0 Å². The summed E-state index contributed by atoms with van der Waals surface area (Å²) in [7, 11) is 1.71. The SMILES string of the molecule is COc1cc(CN[C@H](C)Cn2cccn2)c2c(c1)C[C@H](C)O2. The van der Waals surface area contributed by atoms with Crippen molar-refractivity contribution in [1.29, 1.82) is 0 Å². The number of hydrogen-bond acceptors (Lipinski definition) is 4. The summed E-state index contributed by atoms with van der Waals surface area (Å²) >= 11 is 0. The molecule has 0 unspecified atom stereocenters. The van der Waals surface area contributed by atoms with Crippen LogP contribution in [0.5, 0.6) is 11.5 Å². The second-order valence-electron chi connectivity index (χ2n) is 5.92. The Hall–Kier alpha value is -2.01. The highest BCUT2D eigenvalue weighted by Gasteiger charge is 2.23. The maximum Gasteiger partial charge on any atom is 0.127 e. The normalized spacial score (nSPS) is 17.9. The van der Waals surface area contributed by atoms with Crippen LogP contribution in [0.3, 0.4) is 0 Å². The standard InChI is InChI=1S/C17H23N3O2/c1-12(11-20-6-4-5-19-20)18-10-15-9-16(21-3)8-14-7-13(2)22-17(14)15/h4-6,8-9,12-13,18H,7,10-11H2,1-3H3/t12-,13+/m1/s1. The number of nitrogens with zero attached hydrogens (tertiary/aromatic N) is 2. The topological polar surface area (TPSA) is 48.3 Å². The molecule has 1 aliphatic heterocycles. The molecule has 5 heteroatoms. The Morgan fingerprint density at radius 3 is 3.09 bits per heavy atom. The lowest BCUT2D eigenvalue weighted by Crippen LogP contribution is -2.30. The molecular formula is C17H23N3O2. The Kier molecular flexibility index (Phi) is 4.34. The summed E-state index contributed by atoms with van der Waals surface area (Å²) < 4.78 is 13.3. The van der Waals surface area contributed by atoms with Crippen molar-refractivity contribution in [1.82, 2.24) is 15.1 Å². The molecule has 2 aromatic rings. The highest BCUT2D eigenvalue weighted by Crippen LogP contribution is 2.36. The molecule has 1 N–H and O–H groups in total. The highest BCUT2D eigenvalue weighted by molar-refractivity contribution is 5.49. The molecule has 0 spiro atoms. The lowest BCUT2D eigenvalue weighted by Gasteiger charge is -2.16. The van der Waals surface area contributed by atoms with Crippen LogP contribution in [-0.2, 0) is 19.5 Å². The Bertz CT molecular complexity index is 625. The Morgan fingerprint density at radius 2 is 2.36 bits per heavy atom. The van der Waals surface area contributed by atoms with Crippen LogP contribution < -0.4 is 14.8 Å². The van der Waals surface area contributed by atoms with Crippen LogP contribution in [0.1, 0.15) is 25.0 Å². The molecule has 118 valence electrons. The van der Waals surface area contributed by atoms with Gasteiger partial charge in [-0.3, -0.25) is 4.68 Å². The summed E-state index contributed by atoms with van der Waals surface area (Å²) in [4.78, 5) is 0. The Balaban J connectivity index is 1.68. The van der Waals surface area contributed by atoms with Crippen LogP contribution in [0.4, 0.5) is 0 Å². The first-order chi connectivity index (χ1) is 10.7. The number of rotatable bonds is 6. The van der Waals surface area contributed by atoms with E-state index >= 15 is 0 Å². The Labute approximate surface area is 131 Å². The number of aromatic nitrogens is 2. The first-order valence-electron chi connectivity index (χ1n) is 7.73. The number of nitrogens with one attached hydrogen (secondary N) is 1. The van der Waals surface area contributed by atoms with E-state index in [-0.39, 0.29) is 6.10 Å². The van der Waals surface area contributed by atoms with E-state index in [1.165, 1.54) is 5.56 Å². The smallest absolute Gasteiger partial charge is 0.127 e. The van der Waals surface area contributed by atoms with Crippen molar-refractivity contribution in [2.75, 3.05) is 7.11 Å². The molecule has 2 atom stereocenters. The van der Waals surface area contributed by atoms with Gasteiger partial charge in [0, 0.05) is 42.5 Å². The molecule has 0 amide bonds. The van der Waals surface area contributed by atoms with Gasteiger partial charge in [0.25, 0.3) is 0 Å². The zero-order chi connectivity index (χ0) is 15.5. The number of methoxy groups -OCH3 is 1. The van der Waals surface area contributed by atoms with Crippen LogP contribution in [0.2, 0.25) is 0 Å². The summed E-state index contributed by atoms with van der Waals surface area (Å²) in [5.41, 5.74) is 2.40. The lowest BCUT2D eigenvalue weighted by atomic mass is 10.1. The number of ether oxygens (including phenoxy) is 2. The third-order valence-electron chi connectivity index (χ3n) is 3.94. The molecule has 1 aromatic heterocycles. The van der Waals surface area contributed by atoms with E-state index in [0.29, 0.717) is 6.04 Å². The average molecular weight is 301 g/mol. The maximum absolute atomic E-state index is 5.96. The number of hydrogen-bond donors (Lipinski definition) is 1. The highest BCUT2D eigenvalue weighted by atomic mass is 16.5. The summed E-state index contributed by atoms with van der Waals surface area (Å²) in [6, 6.07) is 6.40. The molecule has 0 fully saturated rings. The van der Waals surface area contributed by atoms with Crippen LogP contribution in [0.15, 0.2) is 30.6 Å². The molecule has 0 saturated heterocycles. The van der Waals surface area contributed by atoms with Gasteiger partial charge in [0.15, 0.2) is 0 Å².